The Morgan fingerprint density at radius 3 is 1.11 bits per heavy atom. The van der Waals surface area contributed by atoms with Gasteiger partial charge in [-0.3, -0.25) is 19.2 Å². The second-order valence-corrected chi connectivity index (χ2v) is 9.57. The highest BCUT2D eigenvalue weighted by Gasteiger charge is 2.48. The molecule has 11 heteroatoms. The smallest absolute Gasteiger partial charge is 0.307 e. The van der Waals surface area contributed by atoms with Gasteiger partial charge in [-0.2, -0.15) is 11.8 Å². The third-order valence-electron chi connectivity index (χ3n) is 5.33. The number of carboxylic acid groups (broad SMARTS) is 4. The van der Waals surface area contributed by atoms with Crippen LogP contribution >= 0.6 is 35.0 Å². The van der Waals surface area contributed by atoms with Crippen molar-refractivity contribution in [1.82, 2.24) is 0 Å². The number of thioether (sulfide) groups is 1. The first-order chi connectivity index (χ1) is 12.5. The van der Waals surface area contributed by atoms with Crippen molar-refractivity contribution >= 4 is 58.8 Å². The van der Waals surface area contributed by atoms with Gasteiger partial charge >= 0.3 is 23.9 Å². The number of hydrogen-bond donors (Lipinski definition) is 4. The maximum absolute atomic E-state index is 11.5. The molecule has 0 aromatic heterocycles. The van der Waals surface area contributed by atoms with Gasteiger partial charge in [-0.05, 0) is 25.7 Å². The van der Waals surface area contributed by atoms with E-state index in [2.05, 4.69) is 0 Å². The summed E-state index contributed by atoms with van der Waals surface area (Å²) in [5, 5.41) is 35.1. The largest absolute Gasteiger partial charge is 0.481 e. The summed E-state index contributed by atoms with van der Waals surface area (Å²) in [5.74, 6) is -9.18. The molecule has 0 aliphatic heterocycles. The van der Waals surface area contributed by atoms with E-state index >= 15 is 0 Å². The van der Waals surface area contributed by atoms with Gasteiger partial charge in [0.25, 0.3) is 0 Å². The minimum absolute atomic E-state index is 0.00863. The number of aliphatic carboxylic acids is 4. The molecular weight excluding hydrogens is 423 g/mol. The van der Waals surface area contributed by atoms with Crippen molar-refractivity contribution in [3.05, 3.63) is 0 Å². The lowest BCUT2D eigenvalue weighted by Crippen LogP contribution is -2.45. The van der Waals surface area contributed by atoms with Gasteiger partial charge in [0.15, 0.2) is 0 Å². The molecule has 0 bridgehead atoms. The normalized spacial score (nSPS) is 39.5. The van der Waals surface area contributed by atoms with Crippen LogP contribution in [0.15, 0.2) is 0 Å². The zero-order valence-electron chi connectivity index (χ0n) is 14.0. The van der Waals surface area contributed by atoms with Crippen LogP contribution in [0.2, 0.25) is 0 Å². The Bertz CT molecular complexity index is 578. The highest BCUT2D eigenvalue weighted by Crippen LogP contribution is 2.46. The van der Waals surface area contributed by atoms with Crippen LogP contribution in [-0.2, 0) is 19.2 Å². The van der Waals surface area contributed by atoms with Gasteiger partial charge < -0.3 is 20.4 Å². The predicted octanol–water partition coefficient (Wildman–Crippen LogP) is 2.06. The molecule has 0 aromatic rings. The number of halogens is 2. The van der Waals surface area contributed by atoms with E-state index in [0.29, 0.717) is 0 Å². The number of carbonyl (C=O) groups is 4. The Kier molecular flexibility index (Phi) is 7.27. The maximum Gasteiger partial charge on any atom is 0.307 e. The molecule has 152 valence electrons. The Balaban J connectivity index is 2.13. The molecule has 4 N–H and O–H groups in total. The number of hydrogen-bond acceptors (Lipinski definition) is 5. The molecule has 0 heterocycles. The fraction of sp³-hybridized carbons (Fsp3) is 0.750. The SMILES string of the molecule is O=C(O)C1CC(Cl)C(SC2CC(C(=O)O)C(C(=O)O)CC2Cl)CC1C(=O)O. The highest BCUT2D eigenvalue weighted by molar-refractivity contribution is 8.00. The van der Waals surface area contributed by atoms with E-state index in [1.54, 1.807) is 0 Å². The van der Waals surface area contributed by atoms with Gasteiger partial charge in [0.1, 0.15) is 0 Å². The summed E-state index contributed by atoms with van der Waals surface area (Å²) < 4.78 is 0. The molecule has 0 spiro atoms. The second kappa shape index (κ2) is 8.87. The van der Waals surface area contributed by atoms with Gasteiger partial charge in [0.05, 0.1) is 23.7 Å². The van der Waals surface area contributed by atoms with Crippen LogP contribution < -0.4 is 0 Å². The number of carboxylic acids is 4. The van der Waals surface area contributed by atoms with Crippen LogP contribution in [0, 0.1) is 23.7 Å². The van der Waals surface area contributed by atoms with Gasteiger partial charge in [0.2, 0.25) is 0 Å². The molecule has 2 fully saturated rings. The Labute approximate surface area is 169 Å². The first-order valence-corrected chi connectivity index (χ1v) is 10.2. The van der Waals surface area contributed by atoms with Gasteiger partial charge in [-0.15, -0.1) is 23.2 Å². The van der Waals surface area contributed by atoms with Crippen LogP contribution in [-0.4, -0.2) is 65.6 Å². The lowest BCUT2D eigenvalue weighted by molar-refractivity contribution is -0.155. The van der Waals surface area contributed by atoms with Crippen LogP contribution in [0.4, 0.5) is 0 Å². The summed E-state index contributed by atoms with van der Waals surface area (Å²) >= 11 is 13.9. The molecule has 2 rings (SSSR count). The summed E-state index contributed by atoms with van der Waals surface area (Å²) in [6.45, 7) is 0. The van der Waals surface area contributed by atoms with Crippen molar-refractivity contribution in [3.8, 4) is 0 Å². The molecule has 2 aliphatic rings. The van der Waals surface area contributed by atoms with Crippen molar-refractivity contribution in [3.63, 3.8) is 0 Å². The summed E-state index contributed by atoms with van der Waals surface area (Å²) in [5.41, 5.74) is 0. The monoisotopic (exact) mass is 442 g/mol. The fourth-order valence-corrected chi connectivity index (χ4v) is 6.43. The zero-order valence-corrected chi connectivity index (χ0v) is 16.4. The first-order valence-electron chi connectivity index (χ1n) is 8.37. The van der Waals surface area contributed by atoms with E-state index in [1.165, 1.54) is 11.8 Å². The van der Waals surface area contributed by atoms with E-state index in [0.717, 1.165) is 0 Å². The molecule has 8 unspecified atom stereocenters. The summed E-state index contributed by atoms with van der Waals surface area (Å²) in [6, 6.07) is 0. The zero-order chi connectivity index (χ0) is 20.5. The standard InChI is InChI=1S/C16H20Cl2O8S/c17-9-1-5(13(19)20)7(15(23)24)3-11(9)27-12-4-8(16(25)26)6(14(21)22)2-10(12)18/h5-12H,1-4H2,(H,19,20)(H,21,22)(H,23,24)(H,25,26). The average Bonchev–Trinajstić information content (AvgIpc) is 2.56. The molecular formula is C16H20Cl2O8S. The van der Waals surface area contributed by atoms with E-state index in [-0.39, 0.29) is 25.7 Å². The van der Waals surface area contributed by atoms with E-state index in [9.17, 15) is 39.6 Å². The van der Waals surface area contributed by atoms with Crippen molar-refractivity contribution in [2.75, 3.05) is 0 Å². The molecule has 0 aromatic carbocycles. The Hall–Kier alpha value is -1.19. The second-order valence-electron chi connectivity index (χ2n) is 6.97. The third kappa shape index (κ3) is 5.00. The van der Waals surface area contributed by atoms with E-state index in [1.807, 2.05) is 0 Å². The lowest BCUT2D eigenvalue weighted by atomic mass is 9.78. The minimum atomic E-state index is -1.21. The summed E-state index contributed by atoms with van der Waals surface area (Å²) in [7, 11) is 0. The predicted molar refractivity (Wildman–Crippen MR) is 97.4 cm³/mol. The molecule has 8 nitrogen and oxygen atoms in total. The molecule has 2 saturated carbocycles. The first kappa shape index (κ1) is 22.1. The van der Waals surface area contributed by atoms with Gasteiger partial charge in [-0.25, -0.2) is 0 Å². The molecule has 27 heavy (non-hydrogen) atoms. The van der Waals surface area contributed by atoms with Gasteiger partial charge in [-0.1, -0.05) is 0 Å². The highest BCUT2D eigenvalue weighted by atomic mass is 35.5. The summed E-state index contributed by atoms with van der Waals surface area (Å²) in [6.07, 6.45) is 0.0489. The molecule has 8 atom stereocenters. The fourth-order valence-electron chi connectivity index (χ4n) is 3.84. The van der Waals surface area contributed by atoms with E-state index in [4.69, 9.17) is 23.2 Å². The van der Waals surface area contributed by atoms with Crippen molar-refractivity contribution in [2.24, 2.45) is 23.7 Å². The quantitative estimate of drug-likeness (QED) is 0.453. The van der Waals surface area contributed by atoms with Crippen molar-refractivity contribution < 1.29 is 39.6 Å². The maximum atomic E-state index is 11.5. The van der Waals surface area contributed by atoms with Crippen LogP contribution in [0.25, 0.3) is 0 Å². The van der Waals surface area contributed by atoms with Crippen LogP contribution in [0.5, 0.6) is 0 Å². The number of rotatable bonds is 6. The summed E-state index contributed by atoms with van der Waals surface area (Å²) in [4.78, 5) is 45.5. The lowest BCUT2D eigenvalue weighted by Gasteiger charge is -2.40. The van der Waals surface area contributed by atoms with Gasteiger partial charge in [0, 0.05) is 21.3 Å². The van der Waals surface area contributed by atoms with Crippen molar-refractivity contribution in [1.29, 1.82) is 0 Å². The van der Waals surface area contributed by atoms with Crippen LogP contribution in [0.3, 0.4) is 0 Å². The third-order valence-corrected chi connectivity index (χ3v) is 8.33. The van der Waals surface area contributed by atoms with Crippen LogP contribution in [0.1, 0.15) is 25.7 Å². The molecule has 0 amide bonds. The van der Waals surface area contributed by atoms with E-state index < -0.39 is 68.8 Å². The Morgan fingerprint density at radius 1 is 0.593 bits per heavy atom. The Morgan fingerprint density at radius 2 is 0.852 bits per heavy atom. The molecule has 0 radical (unpaired) electrons. The average molecular weight is 443 g/mol. The molecule has 0 saturated heterocycles. The van der Waals surface area contributed by atoms with Crippen molar-refractivity contribution in [2.45, 2.75) is 46.9 Å². The number of alkyl halides is 2. The minimum Gasteiger partial charge on any atom is -0.481 e. The topological polar surface area (TPSA) is 149 Å². The molecule has 2 aliphatic carbocycles.